The third-order valence-corrected chi connectivity index (χ3v) is 2.95. The molecule has 2 rings (SSSR count). The number of hydrogen-bond donors (Lipinski definition) is 0. The van der Waals surface area contributed by atoms with E-state index in [1.807, 2.05) is 13.0 Å². The van der Waals surface area contributed by atoms with E-state index >= 15 is 0 Å². The number of halogens is 1. The SMILES string of the molecule is CCc1nsc(Oc2ccc(C#N)cc2Cl)n1. The maximum atomic E-state index is 8.71. The van der Waals surface area contributed by atoms with E-state index in [1.54, 1.807) is 18.2 Å². The maximum absolute atomic E-state index is 8.71. The first-order chi connectivity index (χ1) is 8.22. The molecule has 4 nitrogen and oxygen atoms in total. The normalized spacial score (nSPS) is 9.94. The lowest BCUT2D eigenvalue weighted by atomic mass is 10.2. The molecular formula is C11H8ClN3OS. The Hall–Kier alpha value is -1.64. The lowest BCUT2D eigenvalue weighted by molar-refractivity contribution is 0.477. The largest absolute Gasteiger partial charge is 0.428 e. The zero-order valence-electron chi connectivity index (χ0n) is 8.98. The van der Waals surface area contributed by atoms with Crippen molar-refractivity contribution in [2.45, 2.75) is 13.3 Å². The van der Waals surface area contributed by atoms with Gasteiger partial charge < -0.3 is 4.74 Å². The minimum absolute atomic E-state index is 0.386. The second-order valence-corrected chi connectivity index (χ2v) is 4.31. The molecule has 0 unspecified atom stereocenters. The van der Waals surface area contributed by atoms with E-state index in [0.717, 1.165) is 12.2 Å². The van der Waals surface area contributed by atoms with E-state index in [-0.39, 0.29) is 0 Å². The number of ether oxygens (including phenoxy) is 1. The molecule has 6 heteroatoms. The van der Waals surface area contributed by atoms with Crippen molar-refractivity contribution in [2.75, 3.05) is 0 Å². The van der Waals surface area contributed by atoms with Gasteiger partial charge in [0.2, 0.25) is 0 Å². The van der Waals surface area contributed by atoms with E-state index in [1.165, 1.54) is 11.5 Å². The van der Waals surface area contributed by atoms with Gasteiger partial charge in [0.1, 0.15) is 11.6 Å². The van der Waals surface area contributed by atoms with E-state index in [4.69, 9.17) is 21.6 Å². The number of rotatable bonds is 3. The van der Waals surface area contributed by atoms with E-state index < -0.39 is 0 Å². The van der Waals surface area contributed by atoms with Crippen LogP contribution in [0, 0.1) is 11.3 Å². The summed E-state index contributed by atoms with van der Waals surface area (Å²) in [6.07, 6.45) is 0.765. The summed E-state index contributed by atoms with van der Waals surface area (Å²) >= 11 is 7.16. The van der Waals surface area contributed by atoms with Crippen LogP contribution in [0.4, 0.5) is 0 Å². The summed E-state index contributed by atoms with van der Waals surface area (Å²) in [5.74, 6) is 1.22. The quantitative estimate of drug-likeness (QED) is 0.853. The molecule has 86 valence electrons. The number of nitriles is 1. The monoisotopic (exact) mass is 265 g/mol. The minimum atomic E-state index is 0.386. The first-order valence-electron chi connectivity index (χ1n) is 4.93. The Balaban J connectivity index is 2.21. The highest BCUT2D eigenvalue weighted by Gasteiger charge is 2.08. The Morgan fingerprint density at radius 2 is 2.35 bits per heavy atom. The van der Waals surface area contributed by atoms with Crippen LogP contribution in [-0.2, 0) is 6.42 Å². The summed E-state index contributed by atoms with van der Waals surface area (Å²) in [7, 11) is 0. The molecule has 0 spiro atoms. The predicted molar refractivity (Wildman–Crippen MR) is 65.5 cm³/mol. The average molecular weight is 266 g/mol. The van der Waals surface area contributed by atoms with Crippen LogP contribution >= 0.6 is 23.1 Å². The van der Waals surface area contributed by atoms with Crippen LogP contribution in [0.25, 0.3) is 0 Å². The first kappa shape index (κ1) is 11.8. The Bertz CT molecular complexity index is 576. The molecule has 17 heavy (non-hydrogen) atoms. The number of aryl methyl sites for hydroxylation is 1. The van der Waals surface area contributed by atoms with Crippen molar-refractivity contribution < 1.29 is 4.74 Å². The van der Waals surface area contributed by atoms with Crippen LogP contribution in [0.1, 0.15) is 18.3 Å². The maximum Gasteiger partial charge on any atom is 0.298 e. The third kappa shape index (κ3) is 2.73. The molecule has 0 radical (unpaired) electrons. The Morgan fingerprint density at radius 3 is 2.94 bits per heavy atom. The van der Waals surface area contributed by atoms with Gasteiger partial charge in [-0.2, -0.15) is 14.6 Å². The molecule has 0 aliphatic rings. The van der Waals surface area contributed by atoms with Crippen LogP contribution in [0.3, 0.4) is 0 Å². The second-order valence-electron chi connectivity index (χ2n) is 3.19. The summed E-state index contributed by atoms with van der Waals surface area (Å²) in [5.41, 5.74) is 0.494. The van der Waals surface area contributed by atoms with E-state index in [2.05, 4.69) is 9.36 Å². The fraction of sp³-hybridized carbons (Fsp3) is 0.182. The van der Waals surface area contributed by atoms with E-state index in [9.17, 15) is 0 Å². The van der Waals surface area contributed by atoms with Crippen LogP contribution in [0.2, 0.25) is 5.02 Å². The molecule has 1 aromatic heterocycles. The zero-order valence-corrected chi connectivity index (χ0v) is 10.5. The van der Waals surface area contributed by atoms with Crippen molar-refractivity contribution in [3.8, 4) is 17.0 Å². The van der Waals surface area contributed by atoms with Crippen LogP contribution in [0.5, 0.6) is 10.9 Å². The topological polar surface area (TPSA) is 58.8 Å². The molecular weight excluding hydrogens is 258 g/mol. The van der Waals surface area contributed by atoms with Crippen molar-refractivity contribution >= 4 is 23.1 Å². The number of nitrogens with zero attached hydrogens (tertiary/aromatic N) is 3. The van der Waals surface area contributed by atoms with E-state index in [0.29, 0.717) is 21.5 Å². The molecule has 0 aliphatic heterocycles. The Labute approximate surface area is 108 Å². The van der Waals surface area contributed by atoms with Crippen LogP contribution in [-0.4, -0.2) is 9.36 Å². The van der Waals surface area contributed by atoms with Gasteiger partial charge in [0.05, 0.1) is 16.7 Å². The lowest BCUT2D eigenvalue weighted by Gasteiger charge is -2.03. The Morgan fingerprint density at radius 1 is 1.53 bits per heavy atom. The summed E-state index contributed by atoms with van der Waals surface area (Å²) in [4.78, 5) is 4.17. The van der Waals surface area contributed by atoms with Crippen molar-refractivity contribution in [2.24, 2.45) is 0 Å². The van der Waals surface area contributed by atoms with Gasteiger partial charge in [-0.1, -0.05) is 18.5 Å². The Kier molecular flexibility index (Phi) is 3.57. The summed E-state index contributed by atoms with van der Waals surface area (Å²) in [6, 6.07) is 6.85. The smallest absolute Gasteiger partial charge is 0.298 e. The number of hydrogen-bond acceptors (Lipinski definition) is 5. The van der Waals surface area contributed by atoms with Gasteiger partial charge >= 0.3 is 0 Å². The highest BCUT2D eigenvalue weighted by Crippen LogP contribution is 2.30. The molecule has 0 amide bonds. The molecule has 0 saturated heterocycles. The minimum Gasteiger partial charge on any atom is -0.428 e. The number of aromatic nitrogens is 2. The molecule has 0 bridgehead atoms. The van der Waals surface area contributed by atoms with Gasteiger partial charge in [0.15, 0.2) is 0 Å². The zero-order chi connectivity index (χ0) is 12.3. The van der Waals surface area contributed by atoms with Gasteiger partial charge in [-0.3, -0.25) is 0 Å². The molecule has 0 fully saturated rings. The highest BCUT2D eigenvalue weighted by atomic mass is 35.5. The van der Waals surface area contributed by atoms with Gasteiger partial charge in [-0.05, 0) is 18.2 Å². The lowest BCUT2D eigenvalue weighted by Crippen LogP contribution is -1.87. The molecule has 0 N–H and O–H groups in total. The number of benzene rings is 1. The molecule has 2 aromatic rings. The third-order valence-electron chi connectivity index (χ3n) is 2.02. The standard InChI is InChI=1S/C11H8ClN3OS/c1-2-10-14-11(17-15-10)16-9-4-3-7(6-13)5-8(9)12/h3-5H,2H2,1H3. The van der Waals surface area contributed by atoms with Gasteiger partial charge in [-0.25, -0.2) is 0 Å². The summed E-state index contributed by atoms with van der Waals surface area (Å²) < 4.78 is 9.60. The highest BCUT2D eigenvalue weighted by molar-refractivity contribution is 7.07. The summed E-state index contributed by atoms with van der Waals surface area (Å²) in [5, 5.41) is 9.55. The average Bonchev–Trinajstić information content (AvgIpc) is 2.79. The van der Waals surface area contributed by atoms with Gasteiger partial charge in [0.25, 0.3) is 5.19 Å². The predicted octanol–water partition coefficient (Wildman–Crippen LogP) is 3.42. The molecule has 1 aromatic carbocycles. The fourth-order valence-electron chi connectivity index (χ4n) is 1.17. The van der Waals surface area contributed by atoms with Crippen molar-refractivity contribution in [3.05, 3.63) is 34.6 Å². The van der Waals surface area contributed by atoms with Crippen molar-refractivity contribution in [3.63, 3.8) is 0 Å². The summed E-state index contributed by atoms with van der Waals surface area (Å²) in [6.45, 7) is 1.97. The van der Waals surface area contributed by atoms with Crippen LogP contribution in [0.15, 0.2) is 18.2 Å². The second kappa shape index (κ2) is 5.13. The van der Waals surface area contributed by atoms with Crippen LogP contribution < -0.4 is 4.74 Å². The van der Waals surface area contributed by atoms with Crippen molar-refractivity contribution in [1.29, 1.82) is 5.26 Å². The molecule has 0 saturated carbocycles. The molecule has 0 atom stereocenters. The first-order valence-corrected chi connectivity index (χ1v) is 6.08. The van der Waals surface area contributed by atoms with Crippen molar-refractivity contribution in [1.82, 2.24) is 9.36 Å². The fourth-order valence-corrected chi connectivity index (χ4v) is 2.02. The molecule has 1 heterocycles. The van der Waals surface area contributed by atoms with Gasteiger partial charge in [0, 0.05) is 18.0 Å². The molecule has 0 aliphatic carbocycles. The van der Waals surface area contributed by atoms with Gasteiger partial charge in [-0.15, -0.1) is 0 Å².